The maximum Gasteiger partial charge on any atom is 0.412 e. The molecule has 0 spiro atoms. The zero-order valence-corrected chi connectivity index (χ0v) is 15.4. The third-order valence-corrected chi connectivity index (χ3v) is 4.04. The van der Waals surface area contributed by atoms with Gasteiger partial charge in [-0.05, 0) is 30.7 Å². The number of anilines is 1. The molecule has 0 aliphatic carbocycles. The minimum absolute atomic E-state index is 0.190. The summed E-state index contributed by atoms with van der Waals surface area (Å²) in [5.41, 5.74) is 3.55. The standard InChI is InChI=1S/C20H21N3O4/c1-13-18(21-20(24)27-12-14-7-5-4-6-8-14)19(23-22-13)15-9-10-16(25-2)17(11-15)26-3/h4-11H,12H2,1-3H3,(H,21,24)(H,22,23). The summed E-state index contributed by atoms with van der Waals surface area (Å²) in [4.78, 5) is 12.2. The van der Waals surface area contributed by atoms with Gasteiger partial charge in [0.2, 0.25) is 0 Å². The van der Waals surface area contributed by atoms with E-state index >= 15 is 0 Å². The second-order valence-electron chi connectivity index (χ2n) is 5.83. The zero-order valence-electron chi connectivity index (χ0n) is 15.4. The molecule has 1 heterocycles. The third-order valence-electron chi connectivity index (χ3n) is 4.04. The smallest absolute Gasteiger partial charge is 0.412 e. The predicted octanol–water partition coefficient (Wildman–Crippen LogP) is 4.15. The van der Waals surface area contributed by atoms with E-state index in [9.17, 15) is 4.79 Å². The van der Waals surface area contributed by atoms with Gasteiger partial charge in [0.15, 0.2) is 11.5 Å². The van der Waals surface area contributed by atoms with Crippen molar-refractivity contribution in [2.75, 3.05) is 19.5 Å². The Morgan fingerprint density at radius 2 is 1.81 bits per heavy atom. The molecular formula is C20H21N3O4. The third kappa shape index (κ3) is 4.20. The van der Waals surface area contributed by atoms with Crippen molar-refractivity contribution in [1.29, 1.82) is 0 Å². The summed E-state index contributed by atoms with van der Waals surface area (Å²) in [6, 6.07) is 14.9. The molecule has 0 aliphatic rings. The molecule has 7 nitrogen and oxygen atoms in total. The van der Waals surface area contributed by atoms with Gasteiger partial charge in [0.05, 0.1) is 25.6 Å². The van der Waals surface area contributed by atoms with Crippen LogP contribution in [0.2, 0.25) is 0 Å². The fraction of sp³-hybridized carbons (Fsp3) is 0.200. The van der Waals surface area contributed by atoms with E-state index in [2.05, 4.69) is 15.5 Å². The van der Waals surface area contributed by atoms with Crippen molar-refractivity contribution >= 4 is 11.8 Å². The van der Waals surface area contributed by atoms with Crippen molar-refractivity contribution in [3.8, 4) is 22.8 Å². The van der Waals surface area contributed by atoms with Crippen LogP contribution in [0.5, 0.6) is 11.5 Å². The minimum Gasteiger partial charge on any atom is -0.493 e. The Bertz CT molecular complexity index is 922. The Labute approximate surface area is 157 Å². The van der Waals surface area contributed by atoms with Crippen LogP contribution in [0.1, 0.15) is 11.3 Å². The van der Waals surface area contributed by atoms with Gasteiger partial charge in [-0.2, -0.15) is 5.10 Å². The molecule has 140 valence electrons. The number of H-pyrrole nitrogens is 1. The molecule has 1 aromatic heterocycles. The number of aryl methyl sites for hydroxylation is 1. The number of ether oxygens (including phenoxy) is 3. The van der Waals surface area contributed by atoms with Crippen LogP contribution in [0.15, 0.2) is 48.5 Å². The number of benzene rings is 2. The molecule has 0 radical (unpaired) electrons. The zero-order chi connectivity index (χ0) is 19.2. The molecule has 7 heteroatoms. The number of aromatic nitrogens is 2. The van der Waals surface area contributed by atoms with E-state index < -0.39 is 6.09 Å². The highest BCUT2D eigenvalue weighted by atomic mass is 16.5. The Morgan fingerprint density at radius 1 is 1.07 bits per heavy atom. The molecule has 0 aliphatic heterocycles. The highest BCUT2D eigenvalue weighted by molar-refractivity contribution is 5.91. The molecule has 3 rings (SSSR count). The molecule has 2 aromatic carbocycles. The summed E-state index contributed by atoms with van der Waals surface area (Å²) < 4.78 is 15.9. The molecule has 0 fully saturated rings. The van der Waals surface area contributed by atoms with Crippen LogP contribution in [-0.4, -0.2) is 30.5 Å². The van der Waals surface area contributed by atoms with Crippen molar-refractivity contribution in [2.24, 2.45) is 0 Å². The van der Waals surface area contributed by atoms with Gasteiger partial charge in [-0.1, -0.05) is 30.3 Å². The van der Waals surface area contributed by atoms with Crippen LogP contribution in [0.4, 0.5) is 10.5 Å². The number of hydrogen-bond acceptors (Lipinski definition) is 5. The van der Waals surface area contributed by atoms with E-state index in [0.29, 0.717) is 22.9 Å². The lowest BCUT2D eigenvalue weighted by Gasteiger charge is -2.11. The molecule has 2 N–H and O–H groups in total. The van der Waals surface area contributed by atoms with Crippen LogP contribution in [0.3, 0.4) is 0 Å². The minimum atomic E-state index is -0.551. The lowest BCUT2D eigenvalue weighted by atomic mass is 10.1. The van der Waals surface area contributed by atoms with Gasteiger partial charge < -0.3 is 14.2 Å². The average Bonchev–Trinajstić information content (AvgIpc) is 3.07. The van der Waals surface area contributed by atoms with Crippen molar-refractivity contribution < 1.29 is 19.0 Å². The number of carbonyl (C=O) groups excluding carboxylic acids is 1. The molecule has 0 atom stereocenters. The number of carbonyl (C=O) groups is 1. The number of amides is 1. The van der Waals surface area contributed by atoms with E-state index in [-0.39, 0.29) is 6.61 Å². The Balaban J connectivity index is 1.77. The van der Waals surface area contributed by atoms with Gasteiger partial charge in [-0.15, -0.1) is 0 Å². The van der Waals surface area contributed by atoms with Crippen molar-refractivity contribution in [2.45, 2.75) is 13.5 Å². The van der Waals surface area contributed by atoms with Gasteiger partial charge in [0.25, 0.3) is 0 Å². The Morgan fingerprint density at radius 3 is 2.52 bits per heavy atom. The number of rotatable bonds is 6. The number of hydrogen-bond donors (Lipinski definition) is 2. The second kappa shape index (κ2) is 8.27. The molecule has 3 aromatic rings. The summed E-state index contributed by atoms with van der Waals surface area (Å²) in [5, 5.41) is 9.95. The fourth-order valence-corrected chi connectivity index (χ4v) is 2.64. The van der Waals surface area contributed by atoms with Crippen molar-refractivity contribution in [3.05, 3.63) is 59.8 Å². The van der Waals surface area contributed by atoms with E-state index in [0.717, 1.165) is 16.8 Å². The summed E-state index contributed by atoms with van der Waals surface area (Å²) in [5.74, 6) is 1.19. The van der Waals surface area contributed by atoms with E-state index in [4.69, 9.17) is 14.2 Å². The normalized spacial score (nSPS) is 10.3. The van der Waals surface area contributed by atoms with Crippen molar-refractivity contribution in [3.63, 3.8) is 0 Å². The van der Waals surface area contributed by atoms with Crippen LogP contribution in [-0.2, 0) is 11.3 Å². The molecule has 0 unspecified atom stereocenters. The quantitative estimate of drug-likeness (QED) is 0.683. The van der Waals surface area contributed by atoms with Crippen LogP contribution in [0, 0.1) is 6.92 Å². The van der Waals surface area contributed by atoms with Gasteiger partial charge in [-0.25, -0.2) is 4.79 Å². The Hall–Kier alpha value is -3.48. The maximum absolute atomic E-state index is 12.2. The van der Waals surface area contributed by atoms with Crippen LogP contribution < -0.4 is 14.8 Å². The fourth-order valence-electron chi connectivity index (χ4n) is 2.64. The number of aromatic amines is 1. The van der Waals surface area contributed by atoms with E-state index in [1.54, 1.807) is 26.4 Å². The monoisotopic (exact) mass is 367 g/mol. The molecule has 27 heavy (non-hydrogen) atoms. The van der Waals surface area contributed by atoms with Crippen LogP contribution in [0.25, 0.3) is 11.3 Å². The average molecular weight is 367 g/mol. The summed E-state index contributed by atoms with van der Waals surface area (Å²) in [6.45, 7) is 2.01. The molecule has 0 saturated heterocycles. The number of nitrogens with one attached hydrogen (secondary N) is 2. The lowest BCUT2D eigenvalue weighted by molar-refractivity contribution is 0.155. The first-order valence-electron chi connectivity index (χ1n) is 8.37. The topological polar surface area (TPSA) is 85.5 Å². The largest absolute Gasteiger partial charge is 0.493 e. The highest BCUT2D eigenvalue weighted by Gasteiger charge is 2.17. The summed E-state index contributed by atoms with van der Waals surface area (Å²) in [6.07, 6.45) is -0.551. The number of nitrogens with zero attached hydrogens (tertiary/aromatic N) is 1. The molecule has 0 bridgehead atoms. The van der Waals surface area contributed by atoms with Crippen molar-refractivity contribution in [1.82, 2.24) is 10.2 Å². The second-order valence-corrected chi connectivity index (χ2v) is 5.83. The number of methoxy groups -OCH3 is 2. The molecular weight excluding hydrogens is 346 g/mol. The van der Waals surface area contributed by atoms with E-state index in [1.807, 2.05) is 43.3 Å². The van der Waals surface area contributed by atoms with Gasteiger partial charge in [0, 0.05) is 5.56 Å². The first-order chi connectivity index (χ1) is 13.1. The van der Waals surface area contributed by atoms with Gasteiger partial charge in [0.1, 0.15) is 12.3 Å². The molecule has 0 saturated carbocycles. The van der Waals surface area contributed by atoms with Gasteiger partial charge >= 0.3 is 6.09 Å². The molecule has 1 amide bonds. The predicted molar refractivity (Wildman–Crippen MR) is 102 cm³/mol. The SMILES string of the molecule is COc1ccc(-c2n[nH]c(C)c2NC(=O)OCc2ccccc2)cc1OC. The maximum atomic E-state index is 12.2. The lowest BCUT2D eigenvalue weighted by Crippen LogP contribution is -2.14. The first-order valence-corrected chi connectivity index (χ1v) is 8.37. The highest BCUT2D eigenvalue weighted by Crippen LogP contribution is 2.35. The van der Waals surface area contributed by atoms with E-state index in [1.165, 1.54) is 0 Å². The summed E-state index contributed by atoms with van der Waals surface area (Å²) in [7, 11) is 3.14. The summed E-state index contributed by atoms with van der Waals surface area (Å²) >= 11 is 0. The Kier molecular flexibility index (Phi) is 5.61. The first kappa shape index (κ1) is 18.3. The van der Waals surface area contributed by atoms with Crippen LogP contribution >= 0.6 is 0 Å². The van der Waals surface area contributed by atoms with Gasteiger partial charge in [-0.3, -0.25) is 10.4 Å².